The van der Waals surface area contributed by atoms with E-state index in [1.807, 2.05) is 30.3 Å². The Morgan fingerprint density at radius 2 is 1.65 bits per heavy atom. The Bertz CT molecular complexity index is 873. The van der Waals surface area contributed by atoms with Gasteiger partial charge in [-0.2, -0.15) is 0 Å². The Balaban J connectivity index is 2.20. The summed E-state index contributed by atoms with van der Waals surface area (Å²) in [5, 5.41) is 10.6. The third-order valence-electron chi connectivity index (χ3n) is 4.27. The lowest BCUT2D eigenvalue weighted by Crippen LogP contribution is -2.46. The van der Waals surface area contributed by atoms with E-state index >= 15 is 0 Å². The van der Waals surface area contributed by atoms with Crippen LogP contribution in [0.25, 0.3) is 0 Å². The van der Waals surface area contributed by atoms with Crippen LogP contribution in [0.4, 0.5) is 5.69 Å². The topological polar surface area (TPSA) is 60.9 Å². The van der Waals surface area contributed by atoms with E-state index in [0.29, 0.717) is 11.3 Å². The molecular formula is C17H16Cl3N2O3P. The number of rotatable bonds is 3. The van der Waals surface area contributed by atoms with Crippen molar-refractivity contribution >= 4 is 53.8 Å². The monoisotopic (exact) mass is 432 g/mol. The number of benzene rings is 2. The Hall–Kier alpha value is -1.23. The van der Waals surface area contributed by atoms with Crippen molar-refractivity contribution in [3.05, 3.63) is 65.7 Å². The average Bonchev–Trinajstić information content (AvgIpc) is 2.63. The van der Waals surface area contributed by atoms with E-state index < -0.39 is 23.0 Å². The Morgan fingerprint density at radius 3 is 2.27 bits per heavy atom. The third kappa shape index (κ3) is 3.23. The molecule has 0 bridgehead atoms. The summed E-state index contributed by atoms with van der Waals surface area (Å²) < 4.78 is 14.2. The second kappa shape index (κ2) is 7.06. The van der Waals surface area contributed by atoms with Crippen molar-refractivity contribution in [3.8, 4) is 0 Å². The molecule has 0 radical (unpaired) electrons. The predicted molar refractivity (Wildman–Crippen MR) is 105 cm³/mol. The molecule has 138 valence electrons. The number of carbonyl (C=O) groups is 1. The van der Waals surface area contributed by atoms with E-state index in [0.717, 1.165) is 10.2 Å². The maximum absolute atomic E-state index is 13.9. The van der Waals surface area contributed by atoms with Crippen LogP contribution in [0, 0.1) is 0 Å². The number of halogens is 3. The van der Waals surface area contributed by atoms with Gasteiger partial charge in [0.25, 0.3) is 13.4 Å². The minimum Gasteiger partial charge on any atom is -0.378 e. The van der Waals surface area contributed by atoms with Gasteiger partial charge in [-0.25, -0.2) is 0 Å². The number of alkyl halides is 3. The number of para-hydroxylation sites is 1. The molecule has 0 aromatic heterocycles. The van der Waals surface area contributed by atoms with E-state index in [4.69, 9.17) is 34.8 Å². The highest BCUT2D eigenvalue weighted by Crippen LogP contribution is 2.66. The molecule has 0 saturated heterocycles. The second-order valence-electron chi connectivity index (χ2n) is 5.89. The summed E-state index contributed by atoms with van der Waals surface area (Å²) in [5.74, 6) is -2.38. The minimum atomic E-state index is -4.00. The fourth-order valence-corrected chi connectivity index (χ4v) is 6.59. The van der Waals surface area contributed by atoms with Crippen LogP contribution >= 0.6 is 42.2 Å². The molecule has 0 aliphatic carbocycles. The van der Waals surface area contributed by atoms with Gasteiger partial charge in [-0.1, -0.05) is 77.3 Å². The number of fused-ring (bicyclic) bond motifs is 1. The molecule has 2 atom stereocenters. The maximum Gasteiger partial charge on any atom is 0.297 e. The number of nitrogens with zero attached hydrogens (tertiary/aromatic N) is 2. The summed E-state index contributed by atoms with van der Waals surface area (Å²) in [6.45, 7) is 0.171. The van der Waals surface area contributed by atoms with Crippen LogP contribution in [0.3, 0.4) is 0 Å². The summed E-state index contributed by atoms with van der Waals surface area (Å²) in [6, 6.07) is 16.0. The first kappa shape index (κ1) is 19.5. The lowest BCUT2D eigenvalue weighted by atomic mass is 10.1. The first-order chi connectivity index (χ1) is 12.2. The first-order valence-electron chi connectivity index (χ1n) is 7.71. The second-order valence-corrected chi connectivity index (χ2v) is 11.0. The standard InChI is InChI=1S/C17H16Cl3N2O3P/c1-21-15(23)13-9-5-6-10-14(13)22(11-12-7-3-2-4-8-12)26(21,25)16(24)17(18,19)20/h2-10,16,24H,11H2,1H3. The molecule has 1 heterocycles. The molecule has 2 unspecified atom stereocenters. The number of aliphatic hydroxyl groups excluding tert-OH is 1. The molecule has 9 heteroatoms. The molecule has 0 saturated carbocycles. The summed E-state index contributed by atoms with van der Waals surface area (Å²) in [6.07, 6.45) is 0. The molecule has 1 aliphatic heterocycles. The molecule has 1 N–H and O–H groups in total. The molecule has 2 aromatic rings. The lowest BCUT2D eigenvalue weighted by Gasteiger charge is -2.46. The largest absolute Gasteiger partial charge is 0.378 e. The number of amides is 1. The van der Waals surface area contributed by atoms with Crippen molar-refractivity contribution in [3.63, 3.8) is 0 Å². The summed E-state index contributed by atoms with van der Waals surface area (Å²) in [5.41, 5.74) is 1.63. The van der Waals surface area contributed by atoms with Gasteiger partial charge in [-0.3, -0.25) is 18.7 Å². The molecular weight excluding hydrogens is 418 g/mol. The van der Waals surface area contributed by atoms with Gasteiger partial charge in [0.05, 0.1) is 17.8 Å². The minimum absolute atomic E-state index is 0.171. The average molecular weight is 434 g/mol. The van der Waals surface area contributed by atoms with Crippen molar-refractivity contribution in [2.75, 3.05) is 11.7 Å². The molecule has 1 amide bonds. The van der Waals surface area contributed by atoms with Gasteiger partial charge in [0.1, 0.15) is 0 Å². The zero-order valence-electron chi connectivity index (χ0n) is 13.7. The van der Waals surface area contributed by atoms with Crippen molar-refractivity contribution < 1.29 is 14.5 Å². The van der Waals surface area contributed by atoms with Gasteiger partial charge >= 0.3 is 0 Å². The highest BCUT2D eigenvalue weighted by Gasteiger charge is 2.56. The Labute approximate surface area is 166 Å². The smallest absolute Gasteiger partial charge is 0.297 e. The molecule has 0 spiro atoms. The van der Waals surface area contributed by atoms with Crippen molar-refractivity contribution in [2.45, 2.75) is 16.2 Å². The zero-order valence-corrected chi connectivity index (χ0v) is 16.9. The lowest BCUT2D eigenvalue weighted by molar-refractivity contribution is 0.0866. The van der Waals surface area contributed by atoms with Gasteiger partial charge in [0.2, 0.25) is 3.79 Å². The van der Waals surface area contributed by atoms with Crippen LogP contribution in [-0.4, -0.2) is 32.4 Å². The van der Waals surface area contributed by atoms with Crippen LogP contribution in [0.15, 0.2) is 54.6 Å². The number of hydrogen-bond donors (Lipinski definition) is 1. The fourth-order valence-electron chi connectivity index (χ4n) is 2.93. The number of carbonyl (C=O) groups excluding carboxylic acids is 1. The van der Waals surface area contributed by atoms with Crippen LogP contribution in [0.5, 0.6) is 0 Å². The zero-order chi connectivity index (χ0) is 19.1. The summed E-state index contributed by atoms with van der Waals surface area (Å²) in [4.78, 5) is 12.7. The predicted octanol–water partition coefficient (Wildman–Crippen LogP) is 4.66. The van der Waals surface area contributed by atoms with Crippen molar-refractivity contribution in [1.82, 2.24) is 4.67 Å². The fraction of sp³-hybridized carbons (Fsp3) is 0.235. The molecule has 26 heavy (non-hydrogen) atoms. The SMILES string of the molecule is CN1C(=O)c2ccccc2N(Cc2ccccc2)P1(=O)C(O)C(Cl)(Cl)Cl. The molecule has 0 fully saturated rings. The van der Waals surface area contributed by atoms with Crippen LogP contribution < -0.4 is 4.67 Å². The van der Waals surface area contributed by atoms with E-state index in [1.54, 1.807) is 24.3 Å². The van der Waals surface area contributed by atoms with E-state index in [-0.39, 0.29) is 6.54 Å². The van der Waals surface area contributed by atoms with Gasteiger partial charge in [-0.15, -0.1) is 0 Å². The first-order valence-corrected chi connectivity index (χ1v) is 10.5. The van der Waals surface area contributed by atoms with Crippen LogP contribution in [0.2, 0.25) is 0 Å². The van der Waals surface area contributed by atoms with Gasteiger partial charge in [0, 0.05) is 7.05 Å². The van der Waals surface area contributed by atoms with Crippen molar-refractivity contribution in [2.24, 2.45) is 0 Å². The van der Waals surface area contributed by atoms with Gasteiger partial charge < -0.3 is 5.11 Å². The van der Waals surface area contributed by atoms with Gasteiger partial charge in [0.15, 0.2) is 5.85 Å². The molecule has 1 aliphatic rings. The quantitative estimate of drug-likeness (QED) is 0.565. The normalized spacial score (nSPS) is 21.5. The van der Waals surface area contributed by atoms with E-state index in [1.165, 1.54) is 11.7 Å². The number of anilines is 1. The highest BCUT2D eigenvalue weighted by atomic mass is 35.6. The summed E-state index contributed by atoms with van der Waals surface area (Å²) >= 11 is 17.6. The van der Waals surface area contributed by atoms with Gasteiger partial charge in [-0.05, 0) is 17.7 Å². The van der Waals surface area contributed by atoms with E-state index in [2.05, 4.69) is 0 Å². The van der Waals surface area contributed by atoms with Crippen molar-refractivity contribution in [1.29, 1.82) is 0 Å². The van der Waals surface area contributed by atoms with Crippen LogP contribution in [0.1, 0.15) is 15.9 Å². The summed E-state index contributed by atoms with van der Waals surface area (Å²) in [7, 11) is -2.66. The van der Waals surface area contributed by atoms with Crippen LogP contribution in [-0.2, 0) is 11.1 Å². The molecule has 3 rings (SSSR count). The third-order valence-corrected chi connectivity index (χ3v) is 8.46. The highest BCUT2D eigenvalue weighted by molar-refractivity contribution is 7.65. The Kier molecular flexibility index (Phi) is 5.31. The molecule has 2 aromatic carbocycles. The number of aliphatic hydroxyl groups is 1. The Morgan fingerprint density at radius 1 is 1.08 bits per heavy atom. The maximum atomic E-state index is 13.9. The van der Waals surface area contributed by atoms with E-state index in [9.17, 15) is 14.5 Å². The molecule has 5 nitrogen and oxygen atoms in total. The number of hydrogen-bond acceptors (Lipinski definition) is 3.